The van der Waals surface area contributed by atoms with E-state index < -0.39 is 0 Å². The smallest absolute Gasteiger partial charge is 0.251 e. The zero-order valence-corrected chi connectivity index (χ0v) is 17.8. The summed E-state index contributed by atoms with van der Waals surface area (Å²) < 4.78 is 5.46. The average molecular weight is 421 g/mol. The van der Waals surface area contributed by atoms with Gasteiger partial charge in [-0.1, -0.05) is 23.4 Å². The minimum Gasteiger partial charge on any atom is -0.379 e. The van der Waals surface area contributed by atoms with Gasteiger partial charge in [0.15, 0.2) is 0 Å². The van der Waals surface area contributed by atoms with Crippen molar-refractivity contribution in [2.75, 3.05) is 18.5 Å². The lowest BCUT2D eigenvalue weighted by Crippen LogP contribution is -2.25. The van der Waals surface area contributed by atoms with E-state index >= 15 is 0 Å². The molecule has 0 spiro atoms. The molecule has 2 N–H and O–H groups in total. The second-order valence-electron chi connectivity index (χ2n) is 6.48. The lowest BCUT2D eigenvalue weighted by Gasteiger charge is -2.13. The fourth-order valence-corrected chi connectivity index (χ4v) is 3.38. The summed E-state index contributed by atoms with van der Waals surface area (Å²) >= 11 is 7.42. The monoisotopic (exact) mass is 420 g/mol. The number of carbonyl (C=O) groups excluding carboxylic acids is 2. The molecule has 2 aromatic rings. The molecule has 2 aromatic carbocycles. The van der Waals surface area contributed by atoms with E-state index in [2.05, 4.69) is 10.6 Å². The number of benzene rings is 2. The van der Waals surface area contributed by atoms with Crippen molar-refractivity contribution in [2.45, 2.75) is 43.1 Å². The van der Waals surface area contributed by atoms with Crippen LogP contribution in [0.4, 0.5) is 5.69 Å². The number of hydrogen-bond donors (Lipinski definition) is 2. The molecule has 5 nitrogen and oxygen atoms in total. The normalized spacial score (nSPS) is 10.8. The van der Waals surface area contributed by atoms with Gasteiger partial charge in [0, 0.05) is 40.5 Å². The molecule has 0 aliphatic carbocycles. The zero-order chi connectivity index (χ0) is 20.5. The van der Waals surface area contributed by atoms with Crippen LogP contribution >= 0.6 is 23.4 Å². The number of halogens is 1. The first-order valence-corrected chi connectivity index (χ1v) is 10.3. The molecule has 2 amide bonds. The van der Waals surface area contributed by atoms with Gasteiger partial charge in [0.05, 0.1) is 11.8 Å². The summed E-state index contributed by atoms with van der Waals surface area (Å²) in [5.41, 5.74) is 1.09. The molecule has 150 valence electrons. The minimum atomic E-state index is -0.193. The molecule has 0 aliphatic heterocycles. The molecule has 0 fully saturated rings. The second-order valence-corrected chi connectivity index (χ2v) is 8.03. The van der Waals surface area contributed by atoms with Gasteiger partial charge in [0.1, 0.15) is 0 Å². The highest BCUT2D eigenvalue weighted by molar-refractivity contribution is 7.99. The summed E-state index contributed by atoms with van der Waals surface area (Å²) in [7, 11) is 0. The summed E-state index contributed by atoms with van der Waals surface area (Å²) in [6, 6.07) is 12.7. The zero-order valence-electron chi connectivity index (χ0n) is 16.3. The molecule has 0 saturated carbocycles. The number of anilines is 1. The van der Waals surface area contributed by atoms with E-state index in [1.54, 1.807) is 12.1 Å². The first-order chi connectivity index (χ1) is 13.3. The molecule has 0 bridgehead atoms. The van der Waals surface area contributed by atoms with Crippen molar-refractivity contribution < 1.29 is 14.3 Å². The molecule has 7 heteroatoms. The summed E-state index contributed by atoms with van der Waals surface area (Å²) in [6.45, 7) is 6.53. The number of amides is 2. The Kier molecular flexibility index (Phi) is 8.83. The first-order valence-electron chi connectivity index (χ1n) is 9.10. The Morgan fingerprint density at radius 2 is 1.86 bits per heavy atom. The van der Waals surface area contributed by atoms with E-state index in [1.807, 2.05) is 44.2 Å². The van der Waals surface area contributed by atoms with E-state index in [9.17, 15) is 9.59 Å². The van der Waals surface area contributed by atoms with E-state index in [4.69, 9.17) is 16.3 Å². The molecule has 0 atom stereocenters. The maximum absolute atomic E-state index is 12.4. The number of nitrogens with one attached hydrogen (secondary N) is 2. The molecule has 28 heavy (non-hydrogen) atoms. The summed E-state index contributed by atoms with van der Waals surface area (Å²) in [6.07, 6.45) is 0.925. The van der Waals surface area contributed by atoms with E-state index in [0.717, 1.165) is 16.2 Å². The predicted octanol–water partition coefficient (Wildman–Crippen LogP) is 4.99. The van der Waals surface area contributed by atoms with Gasteiger partial charge in [-0.2, -0.15) is 0 Å². The highest BCUT2D eigenvalue weighted by Gasteiger charge is 2.12. The van der Waals surface area contributed by atoms with Crippen LogP contribution in [0, 0.1) is 0 Å². The molecule has 0 unspecified atom stereocenters. The minimum absolute atomic E-state index is 0.181. The molecule has 0 radical (unpaired) electrons. The van der Waals surface area contributed by atoms with Gasteiger partial charge in [-0.25, -0.2) is 0 Å². The molecule has 0 heterocycles. The quantitative estimate of drug-likeness (QED) is 0.560. The van der Waals surface area contributed by atoms with E-state index in [1.165, 1.54) is 18.7 Å². The molecular formula is C21H25ClN2O3S. The molecular weight excluding hydrogens is 396 g/mol. The van der Waals surface area contributed by atoms with Crippen LogP contribution in [0.1, 0.15) is 37.6 Å². The van der Waals surface area contributed by atoms with E-state index in [-0.39, 0.29) is 17.9 Å². The Labute approximate surface area is 175 Å². The number of hydrogen-bond acceptors (Lipinski definition) is 4. The standard InChI is InChI=1S/C21H25ClN2O3S/c1-14(2)27-12-4-11-23-21(26)16-5-10-20(19(13-16)24-15(3)25)28-18-8-6-17(22)7-9-18/h5-10,13-14H,4,11-12H2,1-3H3,(H,23,26)(H,24,25). The Hall–Kier alpha value is -2.02. The van der Waals surface area contributed by atoms with Crippen LogP contribution in [-0.2, 0) is 9.53 Å². The lowest BCUT2D eigenvalue weighted by atomic mass is 10.2. The van der Waals surface area contributed by atoms with Crippen molar-refractivity contribution in [1.29, 1.82) is 0 Å². The van der Waals surface area contributed by atoms with Crippen LogP contribution in [0.15, 0.2) is 52.3 Å². The van der Waals surface area contributed by atoms with Crippen LogP contribution in [0.5, 0.6) is 0 Å². The lowest BCUT2D eigenvalue weighted by molar-refractivity contribution is -0.114. The van der Waals surface area contributed by atoms with Gasteiger partial charge >= 0.3 is 0 Å². The maximum atomic E-state index is 12.4. The number of ether oxygens (including phenoxy) is 1. The van der Waals surface area contributed by atoms with Crippen molar-refractivity contribution in [1.82, 2.24) is 5.32 Å². The van der Waals surface area contributed by atoms with Crippen molar-refractivity contribution in [3.63, 3.8) is 0 Å². The topological polar surface area (TPSA) is 67.4 Å². The SMILES string of the molecule is CC(=O)Nc1cc(C(=O)NCCCOC(C)C)ccc1Sc1ccc(Cl)cc1. The average Bonchev–Trinajstić information content (AvgIpc) is 2.63. The van der Waals surface area contributed by atoms with Crippen molar-refractivity contribution in [3.8, 4) is 0 Å². The molecule has 2 rings (SSSR count). The number of carbonyl (C=O) groups is 2. The maximum Gasteiger partial charge on any atom is 0.251 e. The van der Waals surface area contributed by atoms with Crippen LogP contribution < -0.4 is 10.6 Å². The van der Waals surface area contributed by atoms with Crippen molar-refractivity contribution in [3.05, 3.63) is 53.1 Å². The van der Waals surface area contributed by atoms with Crippen molar-refractivity contribution in [2.24, 2.45) is 0 Å². The van der Waals surface area contributed by atoms with Crippen molar-refractivity contribution >= 4 is 40.9 Å². The Bertz CT molecular complexity index is 810. The van der Waals surface area contributed by atoms with Gasteiger partial charge in [-0.3, -0.25) is 9.59 Å². The second kappa shape index (κ2) is 11.1. The largest absolute Gasteiger partial charge is 0.379 e. The highest BCUT2D eigenvalue weighted by atomic mass is 35.5. The first kappa shape index (κ1) is 22.3. The summed E-state index contributed by atoms with van der Waals surface area (Å²) in [5, 5.41) is 6.34. The summed E-state index contributed by atoms with van der Waals surface area (Å²) in [4.78, 5) is 25.8. The third-order valence-electron chi connectivity index (χ3n) is 3.65. The Morgan fingerprint density at radius 1 is 1.14 bits per heavy atom. The van der Waals surface area contributed by atoms with Gasteiger partial charge in [0.2, 0.25) is 5.91 Å². The van der Waals surface area contributed by atoms with Crippen LogP contribution in [0.3, 0.4) is 0 Å². The number of rotatable bonds is 9. The fraction of sp³-hybridized carbons (Fsp3) is 0.333. The van der Waals surface area contributed by atoms with E-state index in [0.29, 0.717) is 29.4 Å². The van der Waals surface area contributed by atoms with Crippen LogP contribution in [0.25, 0.3) is 0 Å². The van der Waals surface area contributed by atoms with Gasteiger partial charge in [-0.05, 0) is 62.7 Å². The summed E-state index contributed by atoms with van der Waals surface area (Å²) in [5.74, 6) is -0.374. The third kappa shape index (κ3) is 7.54. The Morgan fingerprint density at radius 3 is 2.50 bits per heavy atom. The third-order valence-corrected chi connectivity index (χ3v) is 4.99. The van der Waals surface area contributed by atoms with Gasteiger partial charge < -0.3 is 15.4 Å². The van der Waals surface area contributed by atoms with Crippen LogP contribution in [-0.4, -0.2) is 31.1 Å². The fourth-order valence-electron chi connectivity index (χ4n) is 2.37. The van der Waals surface area contributed by atoms with Gasteiger partial charge in [-0.15, -0.1) is 0 Å². The van der Waals surface area contributed by atoms with Crippen LogP contribution in [0.2, 0.25) is 5.02 Å². The Balaban J connectivity index is 2.06. The highest BCUT2D eigenvalue weighted by Crippen LogP contribution is 2.34. The molecule has 0 aromatic heterocycles. The predicted molar refractivity (Wildman–Crippen MR) is 114 cm³/mol. The van der Waals surface area contributed by atoms with Gasteiger partial charge in [0.25, 0.3) is 5.91 Å². The molecule has 0 aliphatic rings. The molecule has 0 saturated heterocycles.